The third kappa shape index (κ3) is 6.22. The summed E-state index contributed by atoms with van der Waals surface area (Å²) in [6.07, 6.45) is 7.70. The Morgan fingerprint density at radius 3 is 2.68 bits per heavy atom. The molecule has 2 rings (SSSR count). The number of hydrogen-bond acceptors (Lipinski definition) is 3. The van der Waals surface area contributed by atoms with Gasteiger partial charge in [-0.25, -0.2) is 0 Å². The van der Waals surface area contributed by atoms with Gasteiger partial charge in [-0.3, -0.25) is 9.79 Å². The van der Waals surface area contributed by atoms with Gasteiger partial charge in [0, 0.05) is 32.2 Å². The maximum Gasteiger partial charge on any atom is 0.221 e. The molecule has 3 N–H and O–H groups in total. The Hall–Kier alpha value is -1.30. The van der Waals surface area contributed by atoms with Crippen LogP contribution in [-0.4, -0.2) is 50.3 Å². The summed E-state index contributed by atoms with van der Waals surface area (Å²) in [5.74, 6) is 0.904. The van der Waals surface area contributed by atoms with Crippen molar-refractivity contribution in [3.05, 3.63) is 0 Å². The number of ether oxygens (including phenoxy) is 1. The fourth-order valence-corrected chi connectivity index (χ4v) is 2.99. The average molecular weight is 310 g/mol. The van der Waals surface area contributed by atoms with Crippen molar-refractivity contribution in [2.24, 2.45) is 4.99 Å². The van der Waals surface area contributed by atoms with E-state index in [1.165, 1.54) is 12.8 Å². The number of carbonyl (C=O) groups is 1. The zero-order chi connectivity index (χ0) is 15.6. The van der Waals surface area contributed by atoms with E-state index < -0.39 is 0 Å². The monoisotopic (exact) mass is 310 g/mol. The van der Waals surface area contributed by atoms with Crippen molar-refractivity contribution in [3.63, 3.8) is 0 Å². The van der Waals surface area contributed by atoms with E-state index in [1.807, 2.05) is 6.92 Å². The average Bonchev–Trinajstić information content (AvgIpc) is 3.18. The standard InChI is InChI=1S/C16H30N4O2/c1-2-17-16(19-12-14-8-5-11-22-14)18-10-9-15(21)20-13-6-3-4-7-13/h13-14H,2-12H2,1H3,(H,20,21)(H2,17,18,19). The largest absolute Gasteiger partial charge is 0.376 e. The molecule has 126 valence electrons. The molecule has 2 aliphatic rings. The zero-order valence-corrected chi connectivity index (χ0v) is 13.7. The van der Waals surface area contributed by atoms with Crippen LogP contribution in [0.15, 0.2) is 4.99 Å². The molecule has 1 unspecified atom stereocenters. The molecular weight excluding hydrogens is 280 g/mol. The Morgan fingerprint density at radius 2 is 2.00 bits per heavy atom. The number of carbonyl (C=O) groups excluding carboxylic acids is 1. The molecule has 1 heterocycles. The minimum Gasteiger partial charge on any atom is -0.376 e. The predicted octanol–water partition coefficient (Wildman–Crippen LogP) is 1.17. The maximum absolute atomic E-state index is 11.9. The van der Waals surface area contributed by atoms with E-state index >= 15 is 0 Å². The quantitative estimate of drug-likeness (QED) is 0.487. The highest BCUT2D eigenvalue weighted by molar-refractivity contribution is 5.81. The fraction of sp³-hybridized carbons (Fsp3) is 0.875. The second-order valence-corrected chi connectivity index (χ2v) is 6.08. The Bertz CT molecular complexity index is 361. The van der Waals surface area contributed by atoms with Gasteiger partial charge in [0.25, 0.3) is 0 Å². The first-order valence-corrected chi connectivity index (χ1v) is 8.71. The van der Waals surface area contributed by atoms with Crippen LogP contribution in [0.1, 0.15) is 51.9 Å². The minimum atomic E-state index is 0.134. The Labute approximate surface area is 133 Å². The number of amides is 1. The van der Waals surface area contributed by atoms with E-state index in [4.69, 9.17) is 4.74 Å². The van der Waals surface area contributed by atoms with Crippen molar-refractivity contribution in [3.8, 4) is 0 Å². The second-order valence-electron chi connectivity index (χ2n) is 6.08. The van der Waals surface area contributed by atoms with E-state index in [2.05, 4.69) is 20.9 Å². The Balaban J connectivity index is 1.64. The van der Waals surface area contributed by atoms with E-state index in [-0.39, 0.29) is 12.0 Å². The molecule has 0 bridgehead atoms. The van der Waals surface area contributed by atoms with Gasteiger partial charge in [0.1, 0.15) is 0 Å². The highest BCUT2D eigenvalue weighted by atomic mass is 16.5. The molecule has 0 aromatic heterocycles. The molecular formula is C16H30N4O2. The molecule has 6 heteroatoms. The highest BCUT2D eigenvalue weighted by Gasteiger charge is 2.17. The SMILES string of the molecule is CCNC(=NCC1CCCO1)NCCC(=O)NC1CCCC1. The number of nitrogens with one attached hydrogen (secondary N) is 3. The van der Waals surface area contributed by atoms with Crippen LogP contribution in [-0.2, 0) is 9.53 Å². The van der Waals surface area contributed by atoms with Gasteiger partial charge in [-0.05, 0) is 32.6 Å². The number of guanidine groups is 1. The van der Waals surface area contributed by atoms with Crippen molar-refractivity contribution in [1.29, 1.82) is 0 Å². The lowest BCUT2D eigenvalue weighted by atomic mass is 10.2. The lowest BCUT2D eigenvalue weighted by molar-refractivity contribution is -0.121. The van der Waals surface area contributed by atoms with Crippen molar-refractivity contribution in [2.75, 3.05) is 26.2 Å². The van der Waals surface area contributed by atoms with E-state index in [9.17, 15) is 4.79 Å². The lowest BCUT2D eigenvalue weighted by Crippen LogP contribution is -2.40. The molecule has 1 aliphatic carbocycles. The lowest BCUT2D eigenvalue weighted by Gasteiger charge is -2.14. The molecule has 1 amide bonds. The molecule has 1 atom stereocenters. The molecule has 0 spiro atoms. The van der Waals surface area contributed by atoms with Gasteiger partial charge in [0.05, 0.1) is 12.6 Å². The fourth-order valence-electron chi connectivity index (χ4n) is 2.99. The van der Waals surface area contributed by atoms with Crippen LogP contribution in [0, 0.1) is 0 Å². The summed E-state index contributed by atoms with van der Waals surface area (Å²) in [6, 6.07) is 0.397. The summed E-state index contributed by atoms with van der Waals surface area (Å²) in [5.41, 5.74) is 0. The first kappa shape index (κ1) is 17.1. The summed E-state index contributed by atoms with van der Waals surface area (Å²) in [7, 11) is 0. The third-order valence-electron chi connectivity index (χ3n) is 4.19. The molecule has 0 aromatic carbocycles. The van der Waals surface area contributed by atoms with Crippen LogP contribution in [0.5, 0.6) is 0 Å². The van der Waals surface area contributed by atoms with Crippen molar-refractivity contribution in [2.45, 2.75) is 64.0 Å². The molecule has 0 aromatic rings. The van der Waals surface area contributed by atoms with Crippen LogP contribution >= 0.6 is 0 Å². The number of nitrogens with zero attached hydrogens (tertiary/aromatic N) is 1. The van der Waals surface area contributed by atoms with Crippen LogP contribution in [0.2, 0.25) is 0 Å². The number of aliphatic imine (C=N–C) groups is 1. The number of rotatable bonds is 7. The van der Waals surface area contributed by atoms with E-state index in [0.717, 1.165) is 44.8 Å². The Morgan fingerprint density at radius 1 is 1.18 bits per heavy atom. The maximum atomic E-state index is 11.9. The second kappa shape index (κ2) is 9.66. The summed E-state index contributed by atoms with van der Waals surface area (Å²) in [4.78, 5) is 16.4. The summed E-state index contributed by atoms with van der Waals surface area (Å²) < 4.78 is 5.57. The van der Waals surface area contributed by atoms with Crippen LogP contribution < -0.4 is 16.0 Å². The van der Waals surface area contributed by atoms with E-state index in [1.54, 1.807) is 0 Å². The molecule has 22 heavy (non-hydrogen) atoms. The summed E-state index contributed by atoms with van der Waals surface area (Å²) in [5, 5.41) is 9.53. The van der Waals surface area contributed by atoms with Gasteiger partial charge in [0.15, 0.2) is 5.96 Å². The predicted molar refractivity (Wildman–Crippen MR) is 88.0 cm³/mol. The molecule has 1 saturated carbocycles. The first-order valence-electron chi connectivity index (χ1n) is 8.71. The molecule has 0 radical (unpaired) electrons. The summed E-state index contributed by atoms with van der Waals surface area (Å²) >= 11 is 0. The van der Waals surface area contributed by atoms with Crippen LogP contribution in [0.3, 0.4) is 0 Å². The van der Waals surface area contributed by atoms with Crippen molar-refractivity contribution in [1.82, 2.24) is 16.0 Å². The van der Waals surface area contributed by atoms with Gasteiger partial charge in [-0.15, -0.1) is 0 Å². The molecule has 2 fully saturated rings. The van der Waals surface area contributed by atoms with Gasteiger partial charge in [0.2, 0.25) is 5.91 Å². The van der Waals surface area contributed by atoms with Crippen LogP contribution in [0.25, 0.3) is 0 Å². The Kier molecular flexibility index (Phi) is 7.49. The van der Waals surface area contributed by atoms with Gasteiger partial charge >= 0.3 is 0 Å². The van der Waals surface area contributed by atoms with Crippen molar-refractivity contribution < 1.29 is 9.53 Å². The van der Waals surface area contributed by atoms with Gasteiger partial charge < -0.3 is 20.7 Å². The molecule has 1 saturated heterocycles. The minimum absolute atomic E-state index is 0.134. The smallest absolute Gasteiger partial charge is 0.221 e. The third-order valence-corrected chi connectivity index (χ3v) is 4.19. The van der Waals surface area contributed by atoms with E-state index in [0.29, 0.717) is 25.6 Å². The first-order chi connectivity index (χ1) is 10.8. The zero-order valence-electron chi connectivity index (χ0n) is 13.7. The van der Waals surface area contributed by atoms with Crippen LogP contribution in [0.4, 0.5) is 0 Å². The topological polar surface area (TPSA) is 74.8 Å². The van der Waals surface area contributed by atoms with Gasteiger partial charge in [-0.1, -0.05) is 12.8 Å². The van der Waals surface area contributed by atoms with Gasteiger partial charge in [-0.2, -0.15) is 0 Å². The normalized spacial score (nSPS) is 22.8. The highest BCUT2D eigenvalue weighted by Crippen LogP contribution is 2.17. The number of hydrogen-bond donors (Lipinski definition) is 3. The molecule has 1 aliphatic heterocycles. The van der Waals surface area contributed by atoms with Crippen molar-refractivity contribution >= 4 is 11.9 Å². The molecule has 6 nitrogen and oxygen atoms in total. The summed E-state index contributed by atoms with van der Waals surface area (Å²) in [6.45, 7) is 4.99.